The average molecular weight is 273 g/mol. The Kier molecular flexibility index (Phi) is 3.90. The van der Waals surface area contributed by atoms with E-state index in [1.54, 1.807) is 0 Å². The molecule has 0 aliphatic heterocycles. The van der Waals surface area contributed by atoms with Gasteiger partial charge in [0.1, 0.15) is 0 Å². The van der Waals surface area contributed by atoms with E-state index in [-0.39, 0.29) is 0 Å². The van der Waals surface area contributed by atoms with Crippen LogP contribution in [0, 0.1) is 12.8 Å². The van der Waals surface area contributed by atoms with E-state index in [1.807, 2.05) is 11.3 Å². The fourth-order valence-electron chi connectivity index (χ4n) is 2.81. The monoisotopic (exact) mass is 273 g/mol. The molecule has 0 saturated heterocycles. The predicted octanol–water partition coefficient (Wildman–Crippen LogP) is 5.05. The molecule has 3 rings (SSSR count). The van der Waals surface area contributed by atoms with Gasteiger partial charge in [-0.25, -0.2) is 0 Å². The molecule has 1 fully saturated rings. The molecule has 1 N–H and O–H groups in total. The summed E-state index contributed by atoms with van der Waals surface area (Å²) in [7, 11) is 0. The first-order valence-corrected chi connectivity index (χ1v) is 8.29. The molecule has 0 bridgehead atoms. The fraction of sp³-hybridized carbons (Fsp3) is 0.529. The maximum absolute atomic E-state index is 3.69. The molecule has 19 heavy (non-hydrogen) atoms. The molecule has 1 saturated carbocycles. The SMILES string of the molecule is Cc1c(C(C)NCCCC2CC2)sc2ccccc12. The quantitative estimate of drug-likeness (QED) is 0.726. The van der Waals surface area contributed by atoms with Crippen LogP contribution in [-0.4, -0.2) is 6.54 Å². The third-order valence-electron chi connectivity index (χ3n) is 4.21. The molecule has 0 spiro atoms. The summed E-state index contributed by atoms with van der Waals surface area (Å²) in [6.45, 7) is 5.72. The van der Waals surface area contributed by atoms with Gasteiger partial charge in [-0.15, -0.1) is 11.3 Å². The minimum atomic E-state index is 0.483. The van der Waals surface area contributed by atoms with Gasteiger partial charge in [0.2, 0.25) is 0 Å². The zero-order valence-electron chi connectivity index (χ0n) is 11.9. The highest BCUT2D eigenvalue weighted by molar-refractivity contribution is 7.19. The summed E-state index contributed by atoms with van der Waals surface area (Å²) in [5.74, 6) is 1.06. The lowest BCUT2D eigenvalue weighted by Gasteiger charge is -2.13. The summed E-state index contributed by atoms with van der Waals surface area (Å²) in [5, 5.41) is 5.12. The Morgan fingerprint density at radius 1 is 1.32 bits per heavy atom. The van der Waals surface area contributed by atoms with Gasteiger partial charge < -0.3 is 5.32 Å². The van der Waals surface area contributed by atoms with E-state index in [4.69, 9.17) is 0 Å². The first-order valence-electron chi connectivity index (χ1n) is 7.47. The lowest BCUT2D eigenvalue weighted by atomic mass is 10.1. The summed E-state index contributed by atoms with van der Waals surface area (Å²) in [5.41, 5.74) is 1.46. The van der Waals surface area contributed by atoms with Gasteiger partial charge in [-0.2, -0.15) is 0 Å². The topological polar surface area (TPSA) is 12.0 Å². The number of hydrogen-bond acceptors (Lipinski definition) is 2. The number of thiophene rings is 1. The van der Waals surface area contributed by atoms with E-state index in [0.717, 1.165) is 12.5 Å². The van der Waals surface area contributed by atoms with E-state index in [9.17, 15) is 0 Å². The standard InChI is InChI=1S/C17H23NS/c1-12-15-7-3-4-8-16(15)19-17(12)13(2)18-11-5-6-14-9-10-14/h3-4,7-8,13-14,18H,5-6,9-11H2,1-2H3. The average Bonchev–Trinajstić information content (AvgIpc) is 3.19. The van der Waals surface area contributed by atoms with Crippen molar-refractivity contribution in [1.82, 2.24) is 5.32 Å². The van der Waals surface area contributed by atoms with E-state index < -0.39 is 0 Å². The molecule has 1 unspecified atom stereocenters. The first kappa shape index (κ1) is 13.1. The highest BCUT2D eigenvalue weighted by Gasteiger charge is 2.20. The maximum atomic E-state index is 3.69. The number of aryl methyl sites for hydroxylation is 1. The molecule has 1 aromatic carbocycles. The van der Waals surface area contributed by atoms with E-state index in [1.165, 1.54) is 46.2 Å². The van der Waals surface area contributed by atoms with Crippen molar-refractivity contribution in [3.8, 4) is 0 Å². The van der Waals surface area contributed by atoms with Crippen molar-refractivity contribution in [1.29, 1.82) is 0 Å². The van der Waals surface area contributed by atoms with Crippen LogP contribution in [0.1, 0.15) is 49.1 Å². The molecule has 1 aromatic heterocycles. The van der Waals surface area contributed by atoms with Gasteiger partial charge in [0.15, 0.2) is 0 Å². The maximum Gasteiger partial charge on any atom is 0.0389 e. The number of rotatable bonds is 6. The van der Waals surface area contributed by atoms with E-state index in [2.05, 4.69) is 43.4 Å². The van der Waals surface area contributed by atoms with Crippen molar-refractivity contribution >= 4 is 21.4 Å². The molecule has 1 atom stereocenters. The normalized spacial score (nSPS) is 16.9. The van der Waals surface area contributed by atoms with Crippen molar-refractivity contribution in [3.63, 3.8) is 0 Å². The van der Waals surface area contributed by atoms with Crippen LogP contribution < -0.4 is 5.32 Å². The van der Waals surface area contributed by atoms with Crippen molar-refractivity contribution in [2.75, 3.05) is 6.54 Å². The van der Waals surface area contributed by atoms with Gasteiger partial charge >= 0.3 is 0 Å². The van der Waals surface area contributed by atoms with Crippen LogP contribution >= 0.6 is 11.3 Å². The Bertz CT molecular complexity index is 553. The number of fused-ring (bicyclic) bond motifs is 1. The highest BCUT2D eigenvalue weighted by atomic mass is 32.1. The molecule has 102 valence electrons. The largest absolute Gasteiger partial charge is 0.309 e. The summed E-state index contributed by atoms with van der Waals surface area (Å²) < 4.78 is 1.42. The molecule has 0 amide bonds. The van der Waals surface area contributed by atoms with Crippen molar-refractivity contribution in [2.24, 2.45) is 5.92 Å². The number of benzene rings is 1. The number of hydrogen-bond donors (Lipinski definition) is 1. The van der Waals surface area contributed by atoms with E-state index in [0.29, 0.717) is 6.04 Å². The molecule has 2 aromatic rings. The Balaban J connectivity index is 1.63. The Morgan fingerprint density at radius 3 is 2.84 bits per heavy atom. The zero-order chi connectivity index (χ0) is 13.2. The lowest BCUT2D eigenvalue weighted by molar-refractivity contribution is 0.537. The van der Waals surface area contributed by atoms with Crippen LogP contribution in [0.15, 0.2) is 24.3 Å². The Hall–Kier alpha value is -0.860. The second-order valence-electron chi connectivity index (χ2n) is 5.85. The second-order valence-corrected chi connectivity index (χ2v) is 6.93. The lowest BCUT2D eigenvalue weighted by Crippen LogP contribution is -2.19. The molecular formula is C17H23NS. The molecule has 1 aliphatic carbocycles. The minimum absolute atomic E-state index is 0.483. The van der Waals surface area contributed by atoms with E-state index >= 15 is 0 Å². The van der Waals surface area contributed by atoms with Crippen LogP contribution in [0.2, 0.25) is 0 Å². The van der Waals surface area contributed by atoms with Crippen LogP contribution in [-0.2, 0) is 0 Å². The molecule has 1 heterocycles. The van der Waals surface area contributed by atoms with Gasteiger partial charge in [-0.05, 0) is 56.2 Å². The second kappa shape index (κ2) is 5.64. The van der Waals surface area contributed by atoms with Crippen LogP contribution in [0.25, 0.3) is 10.1 Å². The van der Waals surface area contributed by atoms with Crippen LogP contribution in [0.4, 0.5) is 0 Å². The number of nitrogens with one attached hydrogen (secondary N) is 1. The van der Waals surface area contributed by atoms with Crippen molar-refractivity contribution in [2.45, 2.75) is 45.6 Å². The Morgan fingerprint density at radius 2 is 2.11 bits per heavy atom. The molecule has 1 aliphatic rings. The zero-order valence-corrected chi connectivity index (χ0v) is 12.7. The summed E-state index contributed by atoms with van der Waals surface area (Å²) in [6, 6.07) is 9.23. The molecule has 2 heteroatoms. The predicted molar refractivity (Wildman–Crippen MR) is 84.9 cm³/mol. The minimum Gasteiger partial charge on any atom is -0.309 e. The third-order valence-corrected chi connectivity index (χ3v) is 5.67. The van der Waals surface area contributed by atoms with Crippen LogP contribution in [0.5, 0.6) is 0 Å². The molecule has 0 radical (unpaired) electrons. The van der Waals surface area contributed by atoms with Gasteiger partial charge in [-0.3, -0.25) is 0 Å². The smallest absolute Gasteiger partial charge is 0.0389 e. The first-order chi connectivity index (χ1) is 9.25. The van der Waals surface area contributed by atoms with Gasteiger partial charge in [0.25, 0.3) is 0 Å². The van der Waals surface area contributed by atoms with Crippen molar-refractivity contribution in [3.05, 3.63) is 34.7 Å². The van der Waals surface area contributed by atoms with Crippen LogP contribution in [0.3, 0.4) is 0 Å². The third kappa shape index (κ3) is 3.01. The fourth-order valence-corrected chi connectivity index (χ4v) is 4.05. The highest BCUT2D eigenvalue weighted by Crippen LogP contribution is 2.35. The molecular weight excluding hydrogens is 250 g/mol. The van der Waals surface area contributed by atoms with Gasteiger partial charge in [0, 0.05) is 15.6 Å². The summed E-state index contributed by atoms with van der Waals surface area (Å²) in [6.07, 6.45) is 5.71. The summed E-state index contributed by atoms with van der Waals surface area (Å²) in [4.78, 5) is 1.51. The van der Waals surface area contributed by atoms with Gasteiger partial charge in [-0.1, -0.05) is 31.0 Å². The Labute approximate surface area is 120 Å². The van der Waals surface area contributed by atoms with Gasteiger partial charge in [0.05, 0.1) is 0 Å². The van der Waals surface area contributed by atoms with Crippen molar-refractivity contribution < 1.29 is 0 Å². The summed E-state index contributed by atoms with van der Waals surface area (Å²) >= 11 is 1.95. The molecule has 1 nitrogen and oxygen atoms in total.